The highest BCUT2D eigenvalue weighted by Crippen LogP contribution is 2.14. The highest BCUT2D eigenvalue weighted by Gasteiger charge is 1.98. The molecule has 0 saturated heterocycles. The molecule has 0 saturated carbocycles. The molecule has 3 heteroatoms. The number of aryl methyl sites for hydroxylation is 1. The maximum absolute atomic E-state index is 10.6. The smallest absolute Gasteiger partial charge is 0.217 e. The predicted octanol–water partition coefficient (Wildman–Crippen LogP) is 2.67. The zero-order valence-corrected chi connectivity index (χ0v) is 10.4. The van der Waals surface area contributed by atoms with Crippen LogP contribution in [0.2, 0.25) is 0 Å². The Labute approximate surface area is 103 Å². The number of carbonyl (C=O) groups is 1. The molecule has 0 aliphatic rings. The van der Waals surface area contributed by atoms with Gasteiger partial charge in [-0.1, -0.05) is 25.5 Å². The van der Waals surface area contributed by atoms with Crippen LogP contribution in [0.4, 0.5) is 0 Å². The summed E-state index contributed by atoms with van der Waals surface area (Å²) in [7, 11) is 0. The molecule has 0 radical (unpaired) electrons. The monoisotopic (exact) mass is 235 g/mol. The maximum Gasteiger partial charge on any atom is 0.217 e. The zero-order valence-electron chi connectivity index (χ0n) is 10.4. The molecule has 0 aromatic heterocycles. The fourth-order valence-electron chi connectivity index (χ4n) is 1.55. The summed E-state index contributed by atoms with van der Waals surface area (Å²) in [4.78, 5) is 10.6. The summed E-state index contributed by atoms with van der Waals surface area (Å²) in [6, 6.07) is 8.05. The van der Waals surface area contributed by atoms with E-state index in [1.54, 1.807) is 0 Å². The molecular formula is C14H21NO2. The highest BCUT2D eigenvalue weighted by atomic mass is 16.5. The summed E-state index contributed by atoms with van der Waals surface area (Å²) in [6.45, 7) is 2.92. The van der Waals surface area contributed by atoms with E-state index in [9.17, 15) is 4.79 Å². The van der Waals surface area contributed by atoms with Crippen molar-refractivity contribution in [3.8, 4) is 5.75 Å². The van der Waals surface area contributed by atoms with E-state index >= 15 is 0 Å². The minimum atomic E-state index is -0.232. The third-order valence-electron chi connectivity index (χ3n) is 2.58. The summed E-state index contributed by atoms with van der Waals surface area (Å²) in [5, 5.41) is 0. The molecule has 0 atom stereocenters. The van der Waals surface area contributed by atoms with Crippen LogP contribution in [0.25, 0.3) is 0 Å². The van der Waals surface area contributed by atoms with Gasteiger partial charge in [-0.25, -0.2) is 0 Å². The Balaban J connectivity index is 2.31. The van der Waals surface area contributed by atoms with E-state index in [1.165, 1.54) is 5.56 Å². The molecule has 94 valence electrons. The van der Waals surface area contributed by atoms with Gasteiger partial charge in [0.1, 0.15) is 5.75 Å². The number of hydrogen-bond donors (Lipinski definition) is 1. The highest BCUT2D eigenvalue weighted by molar-refractivity contribution is 5.73. The largest absolute Gasteiger partial charge is 0.494 e. The molecule has 17 heavy (non-hydrogen) atoms. The lowest BCUT2D eigenvalue weighted by Crippen LogP contribution is -2.10. The first-order valence-electron chi connectivity index (χ1n) is 6.22. The molecule has 0 heterocycles. The van der Waals surface area contributed by atoms with E-state index < -0.39 is 0 Å². The molecule has 1 rings (SSSR count). The number of rotatable bonds is 8. The van der Waals surface area contributed by atoms with Gasteiger partial charge in [0.05, 0.1) is 6.61 Å². The fourth-order valence-corrected chi connectivity index (χ4v) is 1.55. The van der Waals surface area contributed by atoms with Crippen molar-refractivity contribution in [2.24, 2.45) is 5.73 Å². The molecule has 0 aliphatic heterocycles. The average molecular weight is 235 g/mol. The first-order valence-corrected chi connectivity index (χ1v) is 6.22. The second-order valence-electron chi connectivity index (χ2n) is 4.17. The van der Waals surface area contributed by atoms with Gasteiger partial charge >= 0.3 is 0 Å². The van der Waals surface area contributed by atoms with Crippen molar-refractivity contribution in [2.45, 2.75) is 39.0 Å². The molecule has 0 aliphatic carbocycles. The third kappa shape index (κ3) is 5.95. The van der Waals surface area contributed by atoms with Crippen LogP contribution in [0.1, 0.15) is 38.2 Å². The standard InChI is InChI=1S/C14H21NO2/c1-2-3-11-17-13-9-7-12(8-10-13)5-4-6-14(15)16/h7-10H,2-6,11H2,1H3,(H2,15,16). The normalized spacial score (nSPS) is 10.2. The first kappa shape index (κ1) is 13.6. The van der Waals surface area contributed by atoms with Crippen molar-refractivity contribution in [3.05, 3.63) is 29.8 Å². The Morgan fingerprint density at radius 2 is 1.94 bits per heavy atom. The second-order valence-corrected chi connectivity index (χ2v) is 4.17. The Hall–Kier alpha value is -1.51. The van der Waals surface area contributed by atoms with Gasteiger partial charge in [0, 0.05) is 6.42 Å². The minimum absolute atomic E-state index is 0.232. The number of ether oxygens (including phenoxy) is 1. The lowest BCUT2D eigenvalue weighted by atomic mass is 10.1. The number of primary amides is 1. The molecule has 1 aromatic rings. The quantitative estimate of drug-likeness (QED) is 0.704. The molecular weight excluding hydrogens is 214 g/mol. The van der Waals surface area contributed by atoms with Crippen LogP contribution in [0.3, 0.4) is 0 Å². The van der Waals surface area contributed by atoms with Crippen LogP contribution in [0.5, 0.6) is 5.75 Å². The van der Waals surface area contributed by atoms with Crippen LogP contribution in [0.15, 0.2) is 24.3 Å². The number of nitrogens with two attached hydrogens (primary N) is 1. The van der Waals surface area contributed by atoms with Gasteiger partial charge < -0.3 is 10.5 Å². The van der Waals surface area contributed by atoms with Gasteiger partial charge in [-0.3, -0.25) is 4.79 Å². The molecule has 0 unspecified atom stereocenters. The van der Waals surface area contributed by atoms with Gasteiger partial charge in [0.2, 0.25) is 5.91 Å². The Bertz CT molecular complexity index is 333. The molecule has 1 amide bonds. The lowest BCUT2D eigenvalue weighted by molar-refractivity contribution is -0.118. The molecule has 3 nitrogen and oxygen atoms in total. The molecule has 1 aromatic carbocycles. The number of benzene rings is 1. The molecule has 0 fully saturated rings. The van der Waals surface area contributed by atoms with Crippen molar-refractivity contribution >= 4 is 5.91 Å². The minimum Gasteiger partial charge on any atom is -0.494 e. The molecule has 0 spiro atoms. The van der Waals surface area contributed by atoms with Crippen LogP contribution in [0, 0.1) is 0 Å². The van der Waals surface area contributed by atoms with E-state index in [0.717, 1.165) is 38.0 Å². The van der Waals surface area contributed by atoms with Gasteiger partial charge in [0.25, 0.3) is 0 Å². The van der Waals surface area contributed by atoms with E-state index in [0.29, 0.717) is 6.42 Å². The Morgan fingerprint density at radius 3 is 2.53 bits per heavy atom. The summed E-state index contributed by atoms with van der Waals surface area (Å²) in [6.07, 6.45) is 4.38. The van der Waals surface area contributed by atoms with E-state index in [4.69, 9.17) is 10.5 Å². The average Bonchev–Trinajstić information content (AvgIpc) is 2.31. The van der Waals surface area contributed by atoms with Crippen molar-refractivity contribution in [2.75, 3.05) is 6.61 Å². The van der Waals surface area contributed by atoms with Gasteiger partial charge in [-0.05, 0) is 37.0 Å². The first-order chi connectivity index (χ1) is 8.22. The Morgan fingerprint density at radius 1 is 1.24 bits per heavy atom. The molecule has 0 bridgehead atoms. The van der Waals surface area contributed by atoms with Gasteiger partial charge in [-0.2, -0.15) is 0 Å². The van der Waals surface area contributed by atoms with E-state index in [1.807, 2.05) is 24.3 Å². The van der Waals surface area contributed by atoms with E-state index in [-0.39, 0.29) is 5.91 Å². The summed E-state index contributed by atoms with van der Waals surface area (Å²) >= 11 is 0. The summed E-state index contributed by atoms with van der Waals surface area (Å²) < 4.78 is 5.57. The zero-order chi connectivity index (χ0) is 12.5. The summed E-state index contributed by atoms with van der Waals surface area (Å²) in [5.74, 6) is 0.682. The van der Waals surface area contributed by atoms with Gasteiger partial charge in [-0.15, -0.1) is 0 Å². The van der Waals surface area contributed by atoms with Crippen LogP contribution in [-0.2, 0) is 11.2 Å². The van der Waals surface area contributed by atoms with Crippen LogP contribution >= 0.6 is 0 Å². The van der Waals surface area contributed by atoms with Crippen molar-refractivity contribution in [3.63, 3.8) is 0 Å². The van der Waals surface area contributed by atoms with Crippen LogP contribution < -0.4 is 10.5 Å². The number of hydrogen-bond acceptors (Lipinski definition) is 2. The van der Waals surface area contributed by atoms with Crippen molar-refractivity contribution in [1.82, 2.24) is 0 Å². The summed E-state index contributed by atoms with van der Waals surface area (Å²) in [5.41, 5.74) is 6.31. The lowest BCUT2D eigenvalue weighted by Gasteiger charge is -2.06. The maximum atomic E-state index is 10.6. The number of amides is 1. The Kier molecular flexibility index (Phi) is 6.15. The predicted molar refractivity (Wildman–Crippen MR) is 69.0 cm³/mol. The third-order valence-corrected chi connectivity index (χ3v) is 2.58. The number of unbranched alkanes of at least 4 members (excludes halogenated alkanes) is 1. The van der Waals surface area contributed by atoms with Gasteiger partial charge in [0.15, 0.2) is 0 Å². The van der Waals surface area contributed by atoms with E-state index in [2.05, 4.69) is 6.92 Å². The fraction of sp³-hybridized carbons (Fsp3) is 0.500. The second kappa shape index (κ2) is 7.71. The van der Waals surface area contributed by atoms with Crippen LogP contribution in [-0.4, -0.2) is 12.5 Å². The topological polar surface area (TPSA) is 52.3 Å². The molecule has 2 N–H and O–H groups in total. The number of carbonyl (C=O) groups excluding carboxylic acids is 1. The SMILES string of the molecule is CCCCOc1ccc(CCCC(N)=O)cc1. The van der Waals surface area contributed by atoms with Crippen molar-refractivity contribution in [1.29, 1.82) is 0 Å². The van der Waals surface area contributed by atoms with Crippen molar-refractivity contribution < 1.29 is 9.53 Å².